The number of esters is 1. The average molecular weight is 426 g/mol. The fourth-order valence-electron chi connectivity index (χ4n) is 3.12. The number of carbonyl (C=O) groups is 1. The first-order valence-electron chi connectivity index (χ1n) is 10.6. The molecule has 0 radical (unpaired) electrons. The molecule has 0 aliphatic heterocycles. The molecule has 0 spiro atoms. The fourth-order valence-corrected chi connectivity index (χ4v) is 3.12. The molecular weight excluding hydrogens is 390 g/mol. The van der Waals surface area contributed by atoms with Crippen LogP contribution in [0.4, 0.5) is 0 Å². The van der Waals surface area contributed by atoms with Crippen molar-refractivity contribution in [3.8, 4) is 0 Å². The minimum Gasteiger partial charge on any atom is -0.452 e. The van der Waals surface area contributed by atoms with Gasteiger partial charge in [-0.2, -0.15) is 5.10 Å². The van der Waals surface area contributed by atoms with E-state index in [-0.39, 0.29) is 17.3 Å². The van der Waals surface area contributed by atoms with Crippen LogP contribution in [0.1, 0.15) is 64.1 Å². The van der Waals surface area contributed by atoms with Gasteiger partial charge in [-0.05, 0) is 29.5 Å². The molecule has 1 heterocycles. The number of hydrogen-bond donors (Lipinski definition) is 0. The zero-order valence-electron chi connectivity index (χ0n) is 20.2. The first kappa shape index (κ1) is 24.4. The van der Waals surface area contributed by atoms with Crippen LogP contribution in [0, 0.1) is 12.8 Å². The molecule has 6 heteroatoms. The third-order valence-corrected chi connectivity index (χ3v) is 4.84. The van der Waals surface area contributed by atoms with Gasteiger partial charge in [0, 0.05) is 32.8 Å². The number of nitrogens with zero attached hydrogens (tertiary/aromatic N) is 3. The van der Waals surface area contributed by atoms with Gasteiger partial charge in [-0.25, -0.2) is 0 Å². The molecule has 2 rings (SSSR count). The zero-order chi connectivity index (χ0) is 23.3. The van der Waals surface area contributed by atoms with Crippen molar-refractivity contribution in [2.45, 2.75) is 60.2 Å². The number of allylic oxidation sites excluding steroid dienone is 1. The fraction of sp³-hybridized carbons (Fsp3) is 0.480. The van der Waals surface area contributed by atoms with E-state index in [1.807, 2.05) is 20.0 Å². The Kier molecular flexibility index (Phi) is 7.82. The lowest BCUT2D eigenvalue weighted by atomic mass is 9.86. The Hall–Kier alpha value is -2.89. The smallest absolute Gasteiger partial charge is 0.311 e. The molecular formula is C25H35N3O3. The molecule has 31 heavy (non-hydrogen) atoms. The molecule has 0 aliphatic carbocycles. The van der Waals surface area contributed by atoms with Gasteiger partial charge in [0.2, 0.25) is 6.29 Å². The molecule has 1 unspecified atom stereocenters. The number of carbonyl (C=O) groups excluding carboxylic acids is 1. The number of aliphatic imine (C=N–C) groups is 1. The Balaban J connectivity index is 2.60. The molecule has 1 aromatic heterocycles. The van der Waals surface area contributed by atoms with E-state index in [1.54, 1.807) is 38.7 Å². The standard InChI is InChI=1S/C25H35N3O3/c1-16(2)24(29)31-18(4)30-23(22-14-17(3)27-28(22)9)21(15-26-8)19-10-12-20(13-11-19)25(5,6)7/h10-16,18H,1-9H3/b23-21-,26-15?. The SMILES string of the molecule is CN=C/C(=C(/OC(C)OC(=O)C(C)C)c1cc(C)nn1C)c1ccc(C(C)(C)C)cc1. The number of benzene rings is 1. The molecule has 0 saturated heterocycles. The summed E-state index contributed by atoms with van der Waals surface area (Å²) in [7, 11) is 3.58. The maximum absolute atomic E-state index is 12.1. The summed E-state index contributed by atoms with van der Waals surface area (Å²) in [6.45, 7) is 13.8. The van der Waals surface area contributed by atoms with E-state index in [0.717, 1.165) is 22.5 Å². The van der Waals surface area contributed by atoms with E-state index in [1.165, 1.54) is 5.56 Å². The first-order chi connectivity index (χ1) is 14.4. The highest BCUT2D eigenvalue weighted by Crippen LogP contribution is 2.30. The number of aromatic nitrogens is 2. The topological polar surface area (TPSA) is 65.7 Å². The monoisotopic (exact) mass is 425 g/mol. The third kappa shape index (κ3) is 6.29. The maximum Gasteiger partial charge on any atom is 0.311 e. The van der Waals surface area contributed by atoms with Gasteiger partial charge in [-0.3, -0.25) is 14.5 Å². The van der Waals surface area contributed by atoms with Crippen LogP contribution in [0.2, 0.25) is 0 Å². The van der Waals surface area contributed by atoms with Crippen LogP contribution in [0.3, 0.4) is 0 Å². The summed E-state index contributed by atoms with van der Waals surface area (Å²) in [5.74, 6) is 0.00795. The van der Waals surface area contributed by atoms with Crippen LogP contribution in [0.5, 0.6) is 0 Å². The zero-order valence-corrected chi connectivity index (χ0v) is 20.2. The van der Waals surface area contributed by atoms with Gasteiger partial charge in [0.25, 0.3) is 0 Å². The van der Waals surface area contributed by atoms with Gasteiger partial charge < -0.3 is 9.47 Å². The van der Waals surface area contributed by atoms with Crippen molar-refractivity contribution in [2.24, 2.45) is 18.0 Å². The number of hydrogen-bond acceptors (Lipinski definition) is 5. The Morgan fingerprint density at radius 1 is 1.13 bits per heavy atom. The van der Waals surface area contributed by atoms with E-state index in [4.69, 9.17) is 9.47 Å². The Morgan fingerprint density at radius 2 is 1.74 bits per heavy atom. The number of ether oxygens (including phenoxy) is 2. The Morgan fingerprint density at radius 3 is 2.19 bits per heavy atom. The Labute approximate surface area is 186 Å². The number of aryl methyl sites for hydroxylation is 2. The van der Waals surface area contributed by atoms with Gasteiger partial charge in [-0.15, -0.1) is 0 Å². The molecule has 1 aromatic carbocycles. The summed E-state index contributed by atoms with van der Waals surface area (Å²) in [6.07, 6.45) is 0.995. The summed E-state index contributed by atoms with van der Waals surface area (Å²) in [6, 6.07) is 10.3. The third-order valence-electron chi connectivity index (χ3n) is 4.84. The second kappa shape index (κ2) is 9.94. The predicted octanol–water partition coefficient (Wildman–Crippen LogP) is 5.16. The van der Waals surface area contributed by atoms with Gasteiger partial charge in [0.1, 0.15) is 5.69 Å². The van der Waals surface area contributed by atoms with Crippen molar-refractivity contribution in [1.29, 1.82) is 0 Å². The van der Waals surface area contributed by atoms with Crippen LogP contribution in [-0.4, -0.2) is 35.3 Å². The summed E-state index contributed by atoms with van der Waals surface area (Å²) in [5.41, 5.74) is 4.68. The van der Waals surface area contributed by atoms with E-state index in [0.29, 0.717) is 5.76 Å². The van der Waals surface area contributed by atoms with Crippen LogP contribution in [0.25, 0.3) is 11.3 Å². The molecule has 0 fully saturated rings. The average Bonchev–Trinajstić information content (AvgIpc) is 3.01. The largest absolute Gasteiger partial charge is 0.452 e. The van der Waals surface area contributed by atoms with Crippen molar-refractivity contribution < 1.29 is 14.3 Å². The van der Waals surface area contributed by atoms with E-state index in [9.17, 15) is 4.79 Å². The predicted molar refractivity (Wildman–Crippen MR) is 126 cm³/mol. The van der Waals surface area contributed by atoms with E-state index >= 15 is 0 Å². The molecule has 0 saturated carbocycles. The molecule has 168 valence electrons. The lowest BCUT2D eigenvalue weighted by molar-refractivity contribution is -0.167. The molecule has 0 aliphatic rings. The molecule has 0 N–H and O–H groups in total. The summed E-state index contributed by atoms with van der Waals surface area (Å²) >= 11 is 0. The second-order valence-corrected chi connectivity index (χ2v) is 9.03. The highest BCUT2D eigenvalue weighted by atomic mass is 16.7. The molecule has 6 nitrogen and oxygen atoms in total. The molecule has 2 aromatic rings. The van der Waals surface area contributed by atoms with Crippen LogP contribution in [0.15, 0.2) is 35.3 Å². The summed E-state index contributed by atoms with van der Waals surface area (Å²) < 4.78 is 13.4. The van der Waals surface area contributed by atoms with Crippen molar-refractivity contribution in [3.05, 3.63) is 52.8 Å². The quantitative estimate of drug-likeness (QED) is 0.266. The van der Waals surface area contributed by atoms with Crippen molar-refractivity contribution >= 4 is 23.5 Å². The molecule has 0 bridgehead atoms. The van der Waals surface area contributed by atoms with E-state index in [2.05, 4.69) is 55.1 Å². The van der Waals surface area contributed by atoms with Gasteiger partial charge in [0.05, 0.1) is 11.6 Å². The van der Waals surface area contributed by atoms with Crippen LogP contribution >= 0.6 is 0 Å². The van der Waals surface area contributed by atoms with Crippen molar-refractivity contribution in [2.75, 3.05) is 7.05 Å². The Bertz CT molecular complexity index is 961. The highest BCUT2D eigenvalue weighted by molar-refractivity contribution is 6.18. The molecule has 0 amide bonds. The lowest BCUT2D eigenvalue weighted by Gasteiger charge is -2.22. The minimum absolute atomic E-state index is 0.0549. The highest BCUT2D eigenvalue weighted by Gasteiger charge is 2.22. The summed E-state index contributed by atoms with van der Waals surface area (Å²) in [4.78, 5) is 16.3. The van der Waals surface area contributed by atoms with Crippen LogP contribution in [-0.2, 0) is 26.7 Å². The second-order valence-electron chi connectivity index (χ2n) is 9.03. The van der Waals surface area contributed by atoms with Gasteiger partial charge in [0.15, 0.2) is 5.76 Å². The molecule has 1 atom stereocenters. The first-order valence-corrected chi connectivity index (χ1v) is 10.6. The van der Waals surface area contributed by atoms with E-state index < -0.39 is 6.29 Å². The normalized spacial score (nSPS) is 14.0. The van der Waals surface area contributed by atoms with Gasteiger partial charge >= 0.3 is 5.97 Å². The van der Waals surface area contributed by atoms with Crippen molar-refractivity contribution in [3.63, 3.8) is 0 Å². The van der Waals surface area contributed by atoms with Gasteiger partial charge in [-0.1, -0.05) is 58.9 Å². The maximum atomic E-state index is 12.1. The minimum atomic E-state index is -0.769. The van der Waals surface area contributed by atoms with Crippen molar-refractivity contribution in [1.82, 2.24) is 9.78 Å². The number of rotatable bonds is 7. The van der Waals surface area contributed by atoms with Crippen LogP contribution < -0.4 is 0 Å². The lowest BCUT2D eigenvalue weighted by Crippen LogP contribution is -2.22. The summed E-state index contributed by atoms with van der Waals surface area (Å²) in [5, 5.41) is 4.46.